The largest absolute Gasteiger partial charge is 0.497 e. The Morgan fingerprint density at radius 2 is 1.89 bits per heavy atom. The SMILES string of the molecule is COc1ccc(CCN2Cc3cc(NS(=O)(=O)c4ccccc4C#N)ccc3OC(C)C2=O)cc1. The van der Waals surface area contributed by atoms with Gasteiger partial charge in [0.2, 0.25) is 0 Å². The Kier molecular flexibility index (Phi) is 6.94. The molecule has 0 aromatic heterocycles. The first-order valence-electron chi connectivity index (χ1n) is 11.0. The Bertz CT molecular complexity index is 1380. The highest BCUT2D eigenvalue weighted by atomic mass is 32.2. The van der Waals surface area contributed by atoms with Crippen LogP contribution < -0.4 is 14.2 Å². The van der Waals surface area contributed by atoms with Gasteiger partial charge in [0.15, 0.2) is 6.10 Å². The van der Waals surface area contributed by atoms with E-state index in [2.05, 4.69) is 4.72 Å². The van der Waals surface area contributed by atoms with Gasteiger partial charge in [0.05, 0.1) is 12.7 Å². The van der Waals surface area contributed by atoms with E-state index >= 15 is 0 Å². The Morgan fingerprint density at radius 1 is 1.14 bits per heavy atom. The smallest absolute Gasteiger partial charge is 0.263 e. The average molecular weight is 492 g/mol. The lowest BCUT2D eigenvalue weighted by Crippen LogP contribution is -2.39. The van der Waals surface area contributed by atoms with Gasteiger partial charge in [-0.25, -0.2) is 8.42 Å². The monoisotopic (exact) mass is 491 g/mol. The van der Waals surface area contributed by atoms with Crippen LogP contribution in [-0.4, -0.2) is 39.0 Å². The first kappa shape index (κ1) is 24.1. The molecule has 0 spiro atoms. The zero-order valence-corrected chi connectivity index (χ0v) is 20.2. The molecule has 0 radical (unpaired) electrons. The molecule has 1 amide bonds. The summed E-state index contributed by atoms with van der Waals surface area (Å²) in [4.78, 5) is 14.6. The molecule has 1 aliphatic heterocycles. The van der Waals surface area contributed by atoms with Gasteiger partial charge in [0.1, 0.15) is 22.5 Å². The van der Waals surface area contributed by atoms with Crippen molar-refractivity contribution in [1.82, 2.24) is 4.90 Å². The summed E-state index contributed by atoms with van der Waals surface area (Å²) in [5, 5.41) is 9.27. The third kappa shape index (κ3) is 5.39. The van der Waals surface area contributed by atoms with Gasteiger partial charge in [-0.05, 0) is 61.4 Å². The second-order valence-corrected chi connectivity index (χ2v) is 9.80. The van der Waals surface area contributed by atoms with Crippen LogP contribution in [0.2, 0.25) is 0 Å². The maximum atomic E-state index is 12.9. The zero-order chi connectivity index (χ0) is 25.0. The minimum atomic E-state index is -3.98. The topological polar surface area (TPSA) is 109 Å². The van der Waals surface area contributed by atoms with Crippen LogP contribution in [0, 0.1) is 11.3 Å². The second-order valence-electron chi connectivity index (χ2n) is 8.15. The van der Waals surface area contributed by atoms with Gasteiger partial charge in [-0.15, -0.1) is 0 Å². The number of nitrogens with zero attached hydrogens (tertiary/aromatic N) is 2. The number of benzene rings is 3. The molecule has 3 aromatic rings. The highest BCUT2D eigenvalue weighted by Crippen LogP contribution is 2.30. The van der Waals surface area contributed by atoms with Crippen molar-refractivity contribution in [3.8, 4) is 17.6 Å². The molecule has 8 nitrogen and oxygen atoms in total. The fourth-order valence-electron chi connectivity index (χ4n) is 3.91. The van der Waals surface area contributed by atoms with Gasteiger partial charge in [0, 0.05) is 24.3 Å². The molecule has 1 heterocycles. The Balaban J connectivity index is 1.55. The quantitative estimate of drug-likeness (QED) is 0.540. The molecule has 3 aromatic carbocycles. The first-order valence-corrected chi connectivity index (χ1v) is 12.5. The summed E-state index contributed by atoms with van der Waals surface area (Å²) in [5.74, 6) is 1.15. The number of ether oxygens (including phenoxy) is 2. The molecule has 0 bridgehead atoms. The van der Waals surface area contributed by atoms with Crippen molar-refractivity contribution < 1.29 is 22.7 Å². The molecule has 1 aliphatic rings. The van der Waals surface area contributed by atoms with Gasteiger partial charge < -0.3 is 14.4 Å². The van der Waals surface area contributed by atoms with Crippen LogP contribution in [0.5, 0.6) is 11.5 Å². The van der Waals surface area contributed by atoms with E-state index in [1.165, 1.54) is 12.1 Å². The summed E-state index contributed by atoms with van der Waals surface area (Å²) in [6.07, 6.45) is -0.0214. The summed E-state index contributed by atoms with van der Waals surface area (Å²) in [5.41, 5.74) is 2.12. The maximum absolute atomic E-state index is 12.9. The summed E-state index contributed by atoms with van der Waals surface area (Å²) in [7, 11) is -2.37. The molecule has 1 atom stereocenters. The molecule has 4 rings (SSSR count). The first-order chi connectivity index (χ1) is 16.8. The fourth-order valence-corrected chi connectivity index (χ4v) is 5.12. The third-order valence-electron chi connectivity index (χ3n) is 5.76. The Morgan fingerprint density at radius 3 is 2.60 bits per heavy atom. The summed E-state index contributed by atoms with van der Waals surface area (Å²) >= 11 is 0. The number of sulfonamides is 1. The predicted molar refractivity (Wildman–Crippen MR) is 131 cm³/mol. The minimum Gasteiger partial charge on any atom is -0.497 e. The molecule has 9 heteroatoms. The number of anilines is 1. The molecule has 0 saturated heterocycles. The number of hydrogen-bond acceptors (Lipinski definition) is 6. The van der Waals surface area contributed by atoms with E-state index in [0.29, 0.717) is 30.0 Å². The molecule has 1 unspecified atom stereocenters. The standard InChI is InChI=1S/C26H25N3O5S/c1-18-26(30)29(14-13-19-7-10-23(33-2)11-8-19)17-21-15-22(9-12-24(21)34-18)28-35(31,32)25-6-4-3-5-20(25)16-27/h3-12,15,18,28H,13-14,17H2,1-2H3. The van der Waals surface area contributed by atoms with Gasteiger partial charge in [-0.2, -0.15) is 5.26 Å². The molecule has 35 heavy (non-hydrogen) atoms. The molecule has 0 aliphatic carbocycles. The van der Waals surface area contributed by atoms with Crippen molar-refractivity contribution in [2.45, 2.75) is 30.9 Å². The van der Waals surface area contributed by atoms with Crippen LogP contribution in [0.25, 0.3) is 0 Å². The van der Waals surface area contributed by atoms with E-state index in [9.17, 15) is 18.5 Å². The van der Waals surface area contributed by atoms with E-state index in [0.717, 1.165) is 11.3 Å². The van der Waals surface area contributed by atoms with Crippen molar-refractivity contribution >= 4 is 21.6 Å². The number of fused-ring (bicyclic) bond motifs is 1. The van der Waals surface area contributed by atoms with Crippen LogP contribution in [0.1, 0.15) is 23.6 Å². The van der Waals surface area contributed by atoms with Crippen molar-refractivity contribution in [1.29, 1.82) is 5.26 Å². The van der Waals surface area contributed by atoms with Crippen molar-refractivity contribution in [2.24, 2.45) is 0 Å². The predicted octanol–water partition coefficient (Wildman–Crippen LogP) is 3.72. The van der Waals surface area contributed by atoms with Gasteiger partial charge in [-0.3, -0.25) is 9.52 Å². The third-order valence-corrected chi connectivity index (χ3v) is 7.20. The number of rotatable bonds is 7. The normalized spacial score (nSPS) is 15.4. The number of nitrogens with one attached hydrogen (secondary N) is 1. The Hall–Kier alpha value is -4.03. The molecule has 0 fully saturated rings. The lowest BCUT2D eigenvalue weighted by Gasteiger charge is -2.22. The minimum absolute atomic E-state index is 0.0576. The summed E-state index contributed by atoms with van der Waals surface area (Å²) < 4.78 is 39.4. The van der Waals surface area contributed by atoms with Crippen LogP contribution in [-0.2, 0) is 27.8 Å². The molecule has 1 N–H and O–H groups in total. The van der Waals surface area contributed by atoms with E-state index in [4.69, 9.17) is 9.47 Å². The van der Waals surface area contributed by atoms with Gasteiger partial charge in [0.25, 0.3) is 15.9 Å². The van der Waals surface area contributed by atoms with E-state index in [1.807, 2.05) is 30.3 Å². The average Bonchev–Trinajstić information content (AvgIpc) is 2.98. The maximum Gasteiger partial charge on any atom is 0.263 e. The van der Waals surface area contributed by atoms with Gasteiger partial charge >= 0.3 is 0 Å². The van der Waals surface area contributed by atoms with E-state index < -0.39 is 16.1 Å². The summed E-state index contributed by atoms with van der Waals surface area (Å²) in [6, 6.07) is 20.5. The molecular weight excluding hydrogens is 466 g/mol. The number of carbonyl (C=O) groups excluding carboxylic acids is 1. The van der Waals surface area contributed by atoms with Crippen LogP contribution >= 0.6 is 0 Å². The lowest BCUT2D eigenvalue weighted by atomic mass is 10.1. The number of methoxy groups -OCH3 is 1. The Labute approximate surface area is 204 Å². The van der Waals surface area contributed by atoms with Crippen LogP contribution in [0.4, 0.5) is 5.69 Å². The van der Waals surface area contributed by atoms with Crippen molar-refractivity contribution in [3.63, 3.8) is 0 Å². The lowest BCUT2D eigenvalue weighted by molar-refractivity contribution is -0.137. The van der Waals surface area contributed by atoms with Crippen molar-refractivity contribution in [3.05, 3.63) is 83.4 Å². The van der Waals surface area contributed by atoms with Crippen molar-refractivity contribution in [2.75, 3.05) is 18.4 Å². The van der Waals surface area contributed by atoms with E-state index in [-0.39, 0.29) is 22.9 Å². The zero-order valence-electron chi connectivity index (χ0n) is 19.4. The molecule has 180 valence electrons. The van der Waals surface area contributed by atoms with Crippen LogP contribution in [0.15, 0.2) is 71.6 Å². The second kappa shape index (κ2) is 10.1. The van der Waals surface area contributed by atoms with E-state index in [1.54, 1.807) is 49.3 Å². The number of amides is 1. The highest BCUT2D eigenvalue weighted by Gasteiger charge is 2.28. The number of carbonyl (C=O) groups is 1. The number of nitriles is 1. The fraction of sp³-hybridized carbons (Fsp3) is 0.231. The number of hydrogen-bond donors (Lipinski definition) is 1. The van der Waals surface area contributed by atoms with Crippen LogP contribution in [0.3, 0.4) is 0 Å². The van der Waals surface area contributed by atoms with Gasteiger partial charge in [-0.1, -0.05) is 24.3 Å². The summed E-state index contributed by atoms with van der Waals surface area (Å²) in [6.45, 7) is 2.45. The highest BCUT2D eigenvalue weighted by molar-refractivity contribution is 7.92. The molecule has 0 saturated carbocycles. The molecular formula is C26H25N3O5S.